The number of fused-ring (bicyclic) bond motifs is 1. The summed E-state index contributed by atoms with van der Waals surface area (Å²) in [6.07, 6.45) is 1.28. The van der Waals surface area contributed by atoms with Crippen LogP contribution in [0.1, 0.15) is 41.1 Å². The average molecular weight is 399 g/mol. The Morgan fingerprint density at radius 2 is 2.31 bits per heavy atom. The van der Waals surface area contributed by atoms with E-state index in [1.807, 2.05) is 17.2 Å². The molecule has 0 fully saturated rings. The monoisotopic (exact) mass is 399 g/mol. The molecule has 1 aliphatic heterocycles. The quantitative estimate of drug-likeness (QED) is 0.617. The SMILES string of the molecule is Cc1nc(SC(F)F)[nH]c(=O)c1CCC(=O)N1CCc2sccc2C1C. The molecule has 0 radical (unpaired) electrons. The summed E-state index contributed by atoms with van der Waals surface area (Å²) in [5.74, 6) is -2.66. The predicted octanol–water partition coefficient (Wildman–Crippen LogP) is 3.53. The molecular formula is C17H19F2N3O2S2. The van der Waals surface area contributed by atoms with Gasteiger partial charge in [0.15, 0.2) is 5.16 Å². The molecule has 1 atom stereocenters. The molecular weight excluding hydrogens is 380 g/mol. The van der Waals surface area contributed by atoms with E-state index in [-0.39, 0.29) is 41.7 Å². The first-order chi connectivity index (χ1) is 12.4. The smallest absolute Gasteiger partial charge is 0.291 e. The van der Waals surface area contributed by atoms with Gasteiger partial charge in [0.05, 0.1) is 6.04 Å². The molecule has 1 amide bonds. The molecule has 1 aliphatic rings. The highest BCUT2D eigenvalue weighted by atomic mass is 32.2. The fourth-order valence-corrected chi connectivity index (χ4v) is 4.72. The van der Waals surface area contributed by atoms with Crippen molar-refractivity contribution >= 4 is 29.0 Å². The van der Waals surface area contributed by atoms with Gasteiger partial charge in [-0.1, -0.05) is 0 Å². The zero-order valence-corrected chi connectivity index (χ0v) is 16.1. The molecule has 1 unspecified atom stereocenters. The number of halogens is 2. The molecule has 0 spiro atoms. The molecule has 26 heavy (non-hydrogen) atoms. The number of thiophene rings is 1. The molecule has 3 heterocycles. The van der Waals surface area contributed by atoms with Crippen LogP contribution in [0.15, 0.2) is 21.4 Å². The van der Waals surface area contributed by atoms with Gasteiger partial charge in [-0.15, -0.1) is 11.3 Å². The lowest BCUT2D eigenvalue weighted by Crippen LogP contribution is -2.38. The summed E-state index contributed by atoms with van der Waals surface area (Å²) < 4.78 is 24.8. The maximum Gasteiger partial charge on any atom is 0.291 e. The van der Waals surface area contributed by atoms with Gasteiger partial charge < -0.3 is 9.88 Å². The van der Waals surface area contributed by atoms with Crippen LogP contribution in [0, 0.1) is 6.92 Å². The zero-order chi connectivity index (χ0) is 18.8. The van der Waals surface area contributed by atoms with Crippen molar-refractivity contribution in [3.8, 4) is 0 Å². The Balaban J connectivity index is 1.68. The number of amides is 1. The number of rotatable bonds is 5. The number of aromatic nitrogens is 2. The second-order valence-corrected chi connectivity index (χ2v) is 8.11. The summed E-state index contributed by atoms with van der Waals surface area (Å²) in [6, 6.07) is 2.09. The first-order valence-corrected chi connectivity index (χ1v) is 10.0. The molecule has 1 N–H and O–H groups in total. The number of thioether (sulfide) groups is 1. The van der Waals surface area contributed by atoms with Gasteiger partial charge in [-0.05, 0) is 55.5 Å². The van der Waals surface area contributed by atoms with E-state index >= 15 is 0 Å². The number of alkyl halides is 2. The Morgan fingerprint density at radius 3 is 3.00 bits per heavy atom. The van der Waals surface area contributed by atoms with Crippen molar-refractivity contribution in [2.75, 3.05) is 6.54 Å². The topological polar surface area (TPSA) is 66.1 Å². The third-order valence-electron chi connectivity index (χ3n) is 4.59. The van der Waals surface area contributed by atoms with Gasteiger partial charge in [-0.2, -0.15) is 8.78 Å². The number of hydrogen-bond donors (Lipinski definition) is 1. The molecule has 140 valence electrons. The summed E-state index contributed by atoms with van der Waals surface area (Å²) >= 11 is 1.92. The third kappa shape index (κ3) is 3.98. The largest absolute Gasteiger partial charge is 0.336 e. The number of carbonyl (C=O) groups excluding carboxylic acids is 1. The number of nitrogens with one attached hydrogen (secondary N) is 1. The predicted molar refractivity (Wildman–Crippen MR) is 97.9 cm³/mol. The summed E-state index contributed by atoms with van der Waals surface area (Å²) in [5.41, 5.74) is 1.49. The normalized spacial score (nSPS) is 16.8. The lowest BCUT2D eigenvalue weighted by Gasteiger charge is -2.33. The number of aromatic amines is 1. The summed E-state index contributed by atoms with van der Waals surface area (Å²) in [6.45, 7) is 4.29. The number of carbonyl (C=O) groups is 1. The van der Waals surface area contributed by atoms with Crippen LogP contribution in [-0.2, 0) is 17.6 Å². The lowest BCUT2D eigenvalue weighted by molar-refractivity contribution is -0.133. The van der Waals surface area contributed by atoms with E-state index in [4.69, 9.17) is 0 Å². The minimum Gasteiger partial charge on any atom is -0.336 e. The van der Waals surface area contributed by atoms with E-state index in [0.29, 0.717) is 17.8 Å². The van der Waals surface area contributed by atoms with Crippen molar-refractivity contribution in [2.45, 2.75) is 50.1 Å². The van der Waals surface area contributed by atoms with Crippen LogP contribution in [0.4, 0.5) is 8.78 Å². The van der Waals surface area contributed by atoms with E-state index in [2.05, 4.69) is 16.0 Å². The number of H-pyrrole nitrogens is 1. The third-order valence-corrected chi connectivity index (χ3v) is 6.18. The summed E-state index contributed by atoms with van der Waals surface area (Å²) in [7, 11) is 0. The van der Waals surface area contributed by atoms with Crippen LogP contribution in [-0.4, -0.2) is 33.1 Å². The van der Waals surface area contributed by atoms with Gasteiger partial charge in [-0.25, -0.2) is 4.98 Å². The number of nitrogens with zero attached hydrogens (tertiary/aromatic N) is 2. The summed E-state index contributed by atoms with van der Waals surface area (Å²) in [4.78, 5) is 34.3. The second-order valence-electron chi connectivity index (χ2n) is 6.13. The van der Waals surface area contributed by atoms with Crippen LogP contribution < -0.4 is 5.56 Å². The van der Waals surface area contributed by atoms with Crippen molar-refractivity contribution in [1.29, 1.82) is 0 Å². The van der Waals surface area contributed by atoms with Crippen molar-refractivity contribution in [1.82, 2.24) is 14.9 Å². The van der Waals surface area contributed by atoms with Crippen LogP contribution >= 0.6 is 23.1 Å². The zero-order valence-electron chi connectivity index (χ0n) is 14.4. The standard InChI is InChI=1S/C17H19F2N3O2S2/c1-9-11(15(24)21-17(20-9)26-16(18)19)3-4-14(23)22-7-5-13-12(10(22)2)6-8-25-13/h6,8,10,16H,3-5,7H2,1-2H3,(H,20,21,24). The highest BCUT2D eigenvalue weighted by Crippen LogP contribution is 2.33. The molecule has 0 saturated heterocycles. The molecule has 2 aromatic rings. The maximum atomic E-state index is 12.6. The van der Waals surface area contributed by atoms with Gasteiger partial charge in [0.2, 0.25) is 5.91 Å². The van der Waals surface area contributed by atoms with E-state index in [0.717, 1.165) is 6.42 Å². The van der Waals surface area contributed by atoms with Gasteiger partial charge >= 0.3 is 0 Å². The average Bonchev–Trinajstić information content (AvgIpc) is 3.03. The molecule has 0 aromatic carbocycles. The van der Waals surface area contributed by atoms with Gasteiger partial charge in [0.1, 0.15) is 0 Å². The molecule has 0 bridgehead atoms. The molecule has 0 saturated carbocycles. The molecule has 2 aromatic heterocycles. The van der Waals surface area contributed by atoms with Gasteiger partial charge in [0.25, 0.3) is 11.3 Å². The van der Waals surface area contributed by atoms with E-state index < -0.39 is 11.3 Å². The molecule has 5 nitrogen and oxygen atoms in total. The molecule has 0 aliphatic carbocycles. The first kappa shape index (κ1) is 19.0. The molecule has 9 heteroatoms. The Kier molecular flexibility index (Phi) is 5.76. The minimum atomic E-state index is -2.65. The van der Waals surface area contributed by atoms with E-state index in [1.165, 1.54) is 10.4 Å². The van der Waals surface area contributed by atoms with Crippen molar-refractivity contribution in [2.24, 2.45) is 0 Å². The maximum absolute atomic E-state index is 12.6. The minimum absolute atomic E-state index is 0.0146. The Morgan fingerprint density at radius 1 is 1.54 bits per heavy atom. The Labute approximate surface area is 157 Å². The van der Waals surface area contributed by atoms with Crippen molar-refractivity contribution < 1.29 is 13.6 Å². The summed E-state index contributed by atoms with van der Waals surface area (Å²) in [5, 5.41) is 1.94. The van der Waals surface area contributed by atoms with Gasteiger partial charge in [-0.3, -0.25) is 9.59 Å². The Bertz CT molecular complexity index is 866. The number of aryl methyl sites for hydroxylation is 1. The fourth-order valence-electron chi connectivity index (χ4n) is 3.24. The van der Waals surface area contributed by atoms with Crippen LogP contribution in [0.25, 0.3) is 0 Å². The van der Waals surface area contributed by atoms with Crippen LogP contribution in [0.2, 0.25) is 0 Å². The lowest BCUT2D eigenvalue weighted by atomic mass is 10.0. The highest BCUT2D eigenvalue weighted by molar-refractivity contribution is 7.99. The number of hydrogen-bond acceptors (Lipinski definition) is 5. The fraction of sp³-hybridized carbons (Fsp3) is 0.471. The van der Waals surface area contributed by atoms with Crippen LogP contribution in [0.3, 0.4) is 0 Å². The second kappa shape index (κ2) is 7.87. The van der Waals surface area contributed by atoms with E-state index in [9.17, 15) is 18.4 Å². The first-order valence-electron chi connectivity index (χ1n) is 8.27. The molecule has 3 rings (SSSR count). The van der Waals surface area contributed by atoms with E-state index in [1.54, 1.807) is 18.3 Å². The van der Waals surface area contributed by atoms with Gasteiger partial charge in [0, 0.05) is 29.1 Å². The van der Waals surface area contributed by atoms with Crippen molar-refractivity contribution in [3.05, 3.63) is 43.5 Å². The Hall–Kier alpha value is -1.74. The van der Waals surface area contributed by atoms with Crippen molar-refractivity contribution in [3.63, 3.8) is 0 Å². The highest BCUT2D eigenvalue weighted by Gasteiger charge is 2.28. The van der Waals surface area contributed by atoms with Crippen LogP contribution in [0.5, 0.6) is 0 Å².